The third-order valence-corrected chi connectivity index (χ3v) is 4.05. The fourth-order valence-corrected chi connectivity index (χ4v) is 2.35. The molecule has 1 aliphatic heterocycles. The molecule has 0 saturated carbocycles. The molecule has 0 N–H and O–H groups in total. The summed E-state index contributed by atoms with van der Waals surface area (Å²) < 4.78 is 13.2. The van der Waals surface area contributed by atoms with Gasteiger partial charge < -0.3 is 9.47 Å². The molecule has 0 aliphatic carbocycles. The van der Waals surface area contributed by atoms with E-state index in [0.29, 0.717) is 0 Å². The maximum atomic E-state index is 5.74. The lowest BCUT2D eigenvalue weighted by Gasteiger charge is -2.34. The second-order valence-corrected chi connectivity index (χ2v) is 5.84. The normalized spacial score (nSPS) is 18.3. The minimum absolute atomic E-state index is 0.643. The Hall–Kier alpha value is -2.50. The van der Waals surface area contributed by atoms with E-state index in [2.05, 4.69) is 30.0 Å². The van der Waals surface area contributed by atoms with Crippen molar-refractivity contribution in [3.63, 3.8) is 0 Å². The number of aromatic nitrogens is 2. The summed E-state index contributed by atoms with van der Waals surface area (Å²) in [6, 6.07) is 0. The van der Waals surface area contributed by atoms with Crippen molar-refractivity contribution in [2.75, 3.05) is 13.2 Å². The molecule has 1 saturated heterocycles. The Labute approximate surface area is 149 Å². The molecule has 0 amide bonds. The molecule has 0 unspecified atom stereocenters. The number of rotatable bonds is 7. The van der Waals surface area contributed by atoms with Crippen LogP contribution in [0.2, 0.25) is 0 Å². The Morgan fingerprint density at radius 1 is 1.40 bits per heavy atom. The summed E-state index contributed by atoms with van der Waals surface area (Å²) in [5.74, 6) is -0.643. The van der Waals surface area contributed by atoms with Crippen molar-refractivity contribution < 1.29 is 9.47 Å². The van der Waals surface area contributed by atoms with Gasteiger partial charge in [0.15, 0.2) is 5.79 Å². The topological polar surface area (TPSA) is 48.6 Å². The van der Waals surface area contributed by atoms with Gasteiger partial charge in [0.1, 0.15) is 0 Å². The summed E-state index contributed by atoms with van der Waals surface area (Å²) in [6.07, 6.45) is 13.7. The van der Waals surface area contributed by atoms with E-state index in [1.54, 1.807) is 23.2 Å². The lowest BCUT2D eigenvalue weighted by atomic mass is 10.1. The maximum absolute atomic E-state index is 5.74. The van der Waals surface area contributed by atoms with Gasteiger partial charge in [-0.25, -0.2) is 4.68 Å². The molecule has 25 heavy (non-hydrogen) atoms. The van der Waals surface area contributed by atoms with Gasteiger partial charge >= 0.3 is 0 Å². The van der Waals surface area contributed by atoms with Crippen LogP contribution in [-0.2, 0) is 9.47 Å². The number of ether oxygens (including phenoxy) is 2. The van der Waals surface area contributed by atoms with Crippen LogP contribution in [0.3, 0.4) is 0 Å². The monoisotopic (exact) mass is 339 g/mol. The van der Waals surface area contributed by atoms with Gasteiger partial charge in [-0.15, -0.1) is 0 Å². The van der Waals surface area contributed by atoms with Crippen LogP contribution in [0.25, 0.3) is 11.3 Å². The van der Waals surface area contributed by atoms with Crippen molar-refractivity contribution in [1.82, 2.24) is 9.78 Å². The molecule has 0 radical (unpaired) electrons. The average Bonchev–Trinajstić information content (AvgIpc) is 3.10. The fraction of sp³-hybridized carbons (Fsp3) is 0.300. The van der Waals surface area contributed by atoms with Crippen LogP contribution in [-0.4, -0.2) is 35.5 Å². The van der Waals surface area contributed by atoms with E-state index in [4.69, 9.17) is 9.47 Å². The van der Waals surface area contributed by atoms with Crippen LogP contribution in [0.5, 0.6) is 0 Å². The predicted octanol–water partition coefficient (Wildman–Crippen LogP) is 4.24. The molecule has 5 heteroatoms. The summed E-state index contributed by atoms with van der Waals surface area (Å²) in [5.41, 5.74) is 3.52. The van der Waals surface area contributed by atoms with Gasteiger partial charge in [0.25, 0.3) is 0 Å². The summed E-state index contributed by atoms with van der Waals surface area (Å²) in [7, 11) is 0. The first-order valence-electron chi connectivity index (χ1n) is 8.16. The van der Waals surface area contributed by atoms with Crippen LogP contribution in [0.15, 0.2) is 66.6 Å². The highest BCUT2D eigenvalue weighted by Crippen LogP contribution is 2.26. The molecule has 2 heterocycles. The first kappa shape index (κ1) is 18.8. The molecular weight excluding hydrogens is 314 g/mol. The second kappa shape index (κ2) is 8.55. The summed E-state index contributed by atoms with van der Waals surface area (Å²) in [5, 5.41) is 4.29. The summed E-state index contributed by atoms with van der Waals surface area (Å²) >= 11 is 0. The molecule has 1 aliphatic rings. The van der Waals surface area contributed by atoms with Crippen LogP contribution in [0, 0.1) is 0 Å². The van der Waals surface area contributed by atoms with Crippen molar-refractivity contribution >= 4 is 18.0 Å². The van der Waals surface area contributed by atoms with Crippen LogP contribution in [0.4, 0.5) is 0 Å². The van der Waals surface area contributed by atoms with Crippen molar-refractivity contribution in [3.8, 4) is 0 Å². The van der Waals surface area contributed by atoms with Gasteiger partial charge in [0.2, 0.25) is 0 Å². The van der Waals surface area contributed by atoms with E-state index in [1.807, 2.05) is 38.3 Å². The summed E-state index contributed by atoms with van der Waals surface area (Å²) in [6.45, 7) is 16.7. The molecule has 0 bridgehead atoms. The van der Waals surface area contributed by atoms with Crippen LogP contribution >= 0.6 is 0 Å². The molecule has 1 aromatic heterocycles. The number of hydrogen-bond acceptors (Lipinski definition) is 4. The van der Waals surface area contributed by atoms with E-state index in [0.717, 1.165) is 42.0 Å². The van der Waals surface area contributed by atoms with Gasteiger partial charge in [0.05, 0.1) is 31.3 Å². The van der Waals surface area contributed by atoms with Gasteiger partial charge in [-0.3, -0.25) is 4.99 Å². The summed E-state index contributed by atoms with van der Waals surface area (Å²) in [4.78, 5) is 3.75. The smallest absolute Gasteiger partial charge is 0.187 e. The zero-order valence-corrected chi connectivity index (χ0v) is 14.9. The fourth-order valence-electron chi connectivity index (χ4n) is 2.35. The Bertz CT molecular complexity index is 732. The highest BCUT2D eigenvalue weighted by atomic mass is 16.7. The first-order chi connectivity index (χ1) is 12.0. The van der Waals surface area contributed by atoms with Gasteiger partial charge in [-0.1, -0.05) is 31.4 Å². The zero-order valence-electron chi connectivity index (χ0n) is 14.9. The van der Waals surface area contributed by atoms with Gasteiger partial charge in [-0.2, -0.15) is 5.10 Å². The Balaban J connectivity index is 2.06. The molecule has 132 valence electrons. The molecule has 1 fully saturated rings. The lowest BCUT2D eigenvalue weighted by molar-refractivity contribution is -0.231. The molecule has 5 nitrogen and oxygen atoms in total. The van der Waals surface area contributed by atoms with E-state index in [1.165, 1.54) is 0 Å². The highest BCUT2D eigenvalue weighted by molar-refractivity contribution is 5.72. The lowest BCUT2D eigenvalue weighted by Crippen LogP contribution is -2.38. The largest absolute Gasteiger partial charge is 0.346 e. The van der Waals surface area contributed by atoms with Gasteiger partial charge in [-0.05, 0) is 44.2 Å². The average molecular weight is 339 g/mol. The van der Waals surface area contributed by atoms with Crippen molar-refractivity contribution in [2.24, 2.45) is 4.99 Å². The number of aliphatic imine (C=N–C) groups is 1. The number of nitrogens with zero attached hydrogens (tertiary/aromatic N) is 3. The maximum Gasteiger partial charge on any atom is 0.187 e. The third-order valence-electron chi connectivity index (χ3n) is 4.05. The molecule has 0 aromatic carbocycles. The Kier molecular flexibility index (Phi) is 6.44. The SMILES string of the molecule is C=C/C(=C\N=C)n1cc(C(=C)/C=C\C=C(/C)C2(C)OCCCO2)cn1. The Morgan fingerprint density at radius 2 is 2.12 bits per heavy atom. The van der Waals surface area contributed by atoms with Crippen molar-refractivity contribution in [3.05, 3.63) is 67.2 Å². The predicted molar refractivity (Wildman–Crippen MR) is 103 cm³/mol. The van der Waals surface area contributed by atoms with Crippen molar-refractivity contribution in [2.45, 2.75) is 26.1 Å². The van der Waals surface area contributed by atoms with E-state index >= 15 is 0 Å². The molecule has 1 aromatic rings. The van der Waals surface area contributed by atoms with E-state index < -0.39 is 5.79 Å². The number of hydrogen-bond donors (Lipinski definition) is 0. The highest BCUT2D eigenvalue weighted by Gasteiger charge is 2.30. The Morgan fingerprint density at radius 3 is 2.76 bits per heavy atom. The third kappa shape index (κ3) is 4.75. The standard InChI is InChI=1S/C20H25N3O2/c1-6-19(14-21-5)23-15-18(13-22-23)16(2)9-7-10-17(3)20(4)24-11-8-12-25-20/h6-7,9-10,13-15H,1-2,5,8,11-12H2,3-4H3/b9-7-,17-10+,19-14+. The molecular formula is C20H25N3O2. The van der Waals surface area contributed by atoms with Gasteiger partial charge in [0, 0.05) is 11.8 Å². The van der Waals surface area contributed by atoms with Crippen LogP contribution < -0.4 is 0 Å². The van der Waals surface area contributed by atoms with Crippen molar-refractivity contribution in [1.29, 1.82) is 0 Å². The minimum atomic E-state index is -0.643. The quantitative estimate of drug-likeness (QED) is 0.551. The minimum Gasteiger partial charge on any atom is -0.346 e. The zero-order chi connectivity index (χ0) is 18.3. The second-order valence-electron chi connectivity index (χ2n) is 5.84. The van der Waals surface area contributed by atoms with Crippen LogP contribution in [0.1, 0.15) is 25.8 Å². The first-order valence-corrected chi connectivity index (χ1v) is 8.16. The number of allylic oxidation sites excluding steroid dienone is 6. The van der Waals surface area contributed by atoms with E-state index in [-0.39, 0.29) is 0 Å². The molecule has 2 rings (SSSR count). The molecule has 0 atom stereocenters. The van der Waals surface area contributed by atoms with E-state index in [9.17, 15) is 0 Å². The molecule has 0 spiro atoms.